The second kappa shape index (κ2) is 14.2. The van der Waals surface area contributed by atoms with Crippen molar-refractivity contribution in [2.75, 3.05) is 45.3 Å². The monoisotopic (exact) mass is 508 g/mol. The lowest BCUT2D eigenvalue weighted by Crippen LogP contribution is -2.44. The van der Waals surface area contributed by atoms with Gasteiger partial charge in [-0.25, -0.2) is 4.98 Å². The van der Waals surface area contributed by atoms with Crippen molar-refractivity contribution in [3.63, 3.8) is 0 Å². The van der Waals surface area contributed by atoms with Gasteiger partial charge in [-0.05, 0) is 48.2 Å². The van der Waals surface area contributed by atoms with Gasteiger partial charge in [-0.2, -0.15) is 5.10 Å². The average Bonchev–Trinajstić information content (AvgIpc) is 3.37. The van der Waals surface area contributed by atoms with E-state index in [0.717, 1.165) is 27.6 Å². The molecule has 2 heterocycles. The maximum atomic E-state index is 12.7. The molecular formula is C27H36N6O4. The number of hydrogen-bond donors (Lipinski definition) is 3. The number of hydrogen-bond acceptors (Lipinski definition) is 7. The normalized spacial score (nSPS) is 12.2. The molecule has 2 aromatic heterocycles. The number of carbonyl (C=O) groups is 2. The summed E-state index contributed by atoms with van der Waals surface area (Å²) in [5.41, 5.74) is 10.2. The van der Waals surface area contributed by atoms with Crippen LogP contribution in [0.5, 0.6) is 0 Å². The molecule has 0 saturated carbocycles. The van der Waals surface area contributed by atoms with Gasteiger partial charge in [0.25, 0.3) is 0 Å². The number of fused-ring (bicyclic) bond motifs is 1. The number of nitrogens with one attached hydrogen (secondary N) is 2. The van der Waals surface area contributed by atoms with Crippen molar-refractivity contribution in [3.05, 3.63) is 59.4 Å². The molecular weight excluding hydrogens is 472 g/mol. The van der Waals surface area contributed by atoms with Crippen LogP contribution in [-0.2, 0) is 25.5 Å². The van der Waals surface area contributed by atoms with E-state index >= 15 is 0 Å². The van der Waals surface area contributed by atoms with Crippen LogP contribution in [0.15, 0.2) is 42.7 Å². The van der Waals surface area contributed by atoms with E-state index in [9.17, 15) is 9.59 Å². The van der Waals surface area contributed by atoms with Gasteiger partial charge in [-0.1, -0.05) is 25.1 Å². The first kappa shape index (κ1) is 28.0. The number of nitrogens with two attached hydrogens (primary N) is 1. The first-order chi connectivity index (χ1) is 17.9. The molecule has 0 saturated heterocycles. The van der Waals surface area contributed by atoms with E-state index in [1.54, 1.807) is 37.3 Å². The van der Waals surface area contributed by atoms with Gasteiger partial charge in [0.05, 0.1) is 44.2 Å². The van der Waals surface area contributed by atoms with Crippen molar-refractivity contribution in [3.8, 4) is 0 Å². The number of amides is 2. The topological polar surface area (TPSA) is 135 Å². The molecule has 10 nitrogen and oxygen atoms in total. The Morgan fingerprint density at radius 1 is 1.19 bits per heavy atom. The van der Waals surface area contributed by atoms with Crippen LogP contribution in [0, 0.1) is 6.92 Å². The van der Waals surface area contributed by atoms with Crippen LogP contribution in [0.4, 0.5) is 5.82 Å². The highest BCUT2D eigenvalue weighted by Gasteiger charge is 2.19. The zero-order valence-corrected chi connectivity index (χ0v) is 21.7. The van der Waals surface area contributed by atoms with Gasteiger partial charge in [0, 0.05) is 31.6 Å². The van der Waals surface area contributed by atoms with Gasteiger partial charge >= 0.3 is 0 Å². The Balaban J connectivity index is 1.27. The van der Waals surface area contributed by atoms with Gasteiger partial charge in [0.15, 0.2) is 0 Å². The molecule has 0 unspecified atom stereocenters. The van der Waals surface area contributed by atoms with Gasteiger partial charge in [0.2, 0.25) is 11.8 Å². The number of likely N-dealkylation sites (N-methyl/N-ethyl adjacent to an activating group) is 1. The first-order valence-electron chi connectivity index (χ1n) is 12.4. The number of aromatic amines is 1. The summed E-state index contributed by atoms with van der Waals surface area (Å²) in [7, 11) is 1.73. The number of anilines is 1. The van der Waals surface area contributed by atoms with Crippen LogP contribution in [0.25, 0.3) is 17.0 Å². The van der Waals surface area contributed by atoms with Crippen LogP contribution < -0.4 is 11.1 Å². The van der Waals surface area contributed by atoms with E-state index in [1.807, 2.05) is 37.3 Å². The van der Waals surface area contributed by atoms with E-state index in [4.69, 9.17) is 15.2 Å². The molecule has 10 heteroatoms. The number of aromatic nitrogens is 3. The lowest BCUT2D eigenvalue weighted by Gasteiger charge is -2.21. The van der Waals surface area contributed by atoms with E-state index < -0.39 is 6.04 Å². The van der Waals surface area contributed by atoms with Crippen LogP contribution in [0.1, 0.15) is 30.0 Å². The number of rotatable bonds is 14. The Bertz CT molecular complexity index is 1190. The smallest absolute Gasteiger partial charge is 0.239 e. The van der Waals surface area contributed by atoms with Crippen LogP contribution >= 0.6 is 0 Å². The molecule has 4 N–H and O–H groups in total. The van der Waals surface area contributed by atoms with Crippen molar-refractivity contribution in [2.24, 2.45) is 5.73 Å². The summed E-state index contributed by atoms with van der Waals surface area (Å²) in [5, 5.41) is 10.8. The Labute approximate surface area is 217 Å². The maximum absolute atomic E-state index is 12.7. The van der Waals surface area contributed by atoms with E-state index in [0.29, 0.717) is 51.6 Å². The molecule has 3 rings (SSSR count). The van der Waals surface area contributed by atoms with Crippen LogP contribution in [-0.4, -0.2) is 78.0 Å². The molecule has 0 spiro atoms. The summed E-state index contributed by atoms with van der Waals surface area (Å²) in [6.07, 6.45) is 8.13. The van der Waals surface area contributed by atoms with Gasteiger partial charge in [-0.3, -0.25) is 14.7 Å². The summed E-state index contributed by atoms with van der Waals surface area (Å²) in [6, 6.07) is 7.07. The summed E-state index contributed by atoms with van der Waals surface area (Å²) < 4.78 is 11.1. The molecule has 1 atom stereocenters. The number of benzene rings is 1. The molecule has 0 aliphatic carbocycles. The Morgan fingerprint density at radius 2 is 2.00 bits per heavy atom. The number of carbonyl (C=O) groups excluding carboxylic acids is 2. The lowest BCUT2D eigenvalue weighted by molar-refractivity contribution is -0.132. The van der Waals surface area contributed by atoms with Crippen molar-refractivity contribution in [1.29, 1.82) is 0 Å². The SMILES string of the molecule is CCC(=O)Nc1ccc(/C=C/COCCOCCN(C)C(=O)[C@H](N)Cc2cc(C)c3[nH]ncc3c2)cn1. The second-order valence-electron chi connectivity index (χ2n) is 8.79. The first-order valence-corrected chi connectivity index (χ1v) is 12.4. The third kappa shape index (κ3) is 8.78. The van der Waals surface area contributed by atoms with E-state index in [-0.39, 0.29) is 11.8 Å². The predicted molar refractivity (Wildman–Crippen MR) is 144 cm³/mol. The van der Waals surface area contributed by atoms with Crippen LogP contribution in [0.3, 0.4) is 0 Å². The highest BCUT2D eigenvalue weighted by molar-refractivity contribution is 5.89. The molecule has 0 fully saturated rings. The third-order valence-electron chi connectivity index (χ3n) is 5.80. The van der Waals surface area contributed by atoms with Crippen molar-refractivity contribution in [2.45, 2.75) is 32.7 Å². The van der Waals surface area contributed by atoms with Crippen molar-refractivity contribution >= 4 is 34.6 Å². The average molecular weight is 509 g/mol. The van der Waals surface area contributed by atoms with Crippen molar-refractivity contribution in [1.82, 2.24) is 20.1 Å². The van der Waals surface area contributed by atoms with Crippen LogP contribution in [0.2, 0.25) is 0 Å². The Kier molecular flexibility index (Phi) is 10.8. The number of ether oxygens (including phenoxy) is 2. The molecule has 0 aliphatic heterocycles. The minimum absolute atomic E-state index is 0.0666. The third-order valence-corrected chi connectivity index (χ3v) is 5.80. The summed E-state index contributed by atoms with van der Waals surface area (Å²) >= 11 is 0. The van der Waals surface area contributed by atoms with E-state index in [2.05, 4.69) is 20.5 Å². The summed E-state index contributed by atoms with van der Waals surface area (Å²) in [4.78, 5) is 29.8. The quantitative estimate of drug-likeness (QED) is 0.285. The zero-order valence-electron chi connectivity index (χ0n) is 21.7. The Morgan fingerprint density at radius 3 is 2.76 bits per heavy atom. The number of aryl methyl sites for hydroxylation is 1. The number of nitrogens with zero attached hydrogens (tertiary/aromatic N) is 3. The molecule has 2 amide bonds. The molecule has 0 bridgehead atoms. The fraction of sp³-hybridized carbons (Fsp3) is 0.407. The number of pyridine rings is 1. The zero-order chi connectivity index (χ0) is 26.6. The number of H-pyrrole nitrogens is 1. The maximum Gasteiger partial charge on any atom is 0.239 e. The molecule has 0 radical (unpaired) electrons. The summed E-state index contributed by atoms with van der Waals surface area (Å²) in [5.74, 6) is 0.349. The predicted octanol–water partition coefficient (Wildman–Crippen LogP) is 2.69. The van der Waals surface area contributed by atoms with Gasteiger partial charge in [-0.15, -0.1) is 0 Å². The minimum atomic E-state index is -0.620. The van der Waals surface area contributed by atoms with Gasteiger partial charge < -0.3 is 25.4 Å². The minimum Gasteiger partial charge on any atom is -0.377 e. The molecule has 3 aromatic rings. The lowest BCUT2D eigenvalue weighted by atomic mass is 10.0. The van der Waals surface area contributed by atoms with Gasteiger partial charge in [0.1, 0.15) is 5.82 Å². The second-order valence-corrected chi connectivity index (χ2v) is 8.79. The van der Waals surface area contributed by atoms with E-state index in [1.165, 1.54) is 0 Å². The molecule has 198 valence electrons. The highest BCUT2D eigenvalue weighted by atomic mass is 16.5. The highest BCUT2D eigenvalue weighted by Crippen LogP contribution is 2.19. The molecule has 1 aromatic carbocycles. The summed E-state index contributed by atoms with van der Waals surface area (Å²) in [6.45, 7) is 5.97. The Hall–Kier alpha value is -3.60. The fourth-order valence-corrected chi connectivity index (χ4v) is 3.73. The van der Waals surface area contributed by atoms with Crippen molar-refractivity contribution < 1.29 is 19.1 Å². The fourth-order valence-electron chi connectivity index (χ4n) is 3.73. The molecule has 0 aliphatic rings. The standard InChI is InChI=1S/C27H36N6O4/c1-4-25(34)31-24-8-7-20(17-29-24)6-5-10-36-12-13-37-11-9-33(3)27(35)23(28)16-21-14-19(2)26-22(15-21)18-30-32-26/h5-8,14-15,17-18,23H,4,9-13,16,28H2,1-3H3,(H,30,32)(H,29,31,34)/b6-5+/t23-/m1/s1. The molecule has 37 heavy (non-hydrogen) atoms. The largest absolute Gasteiger partial charge is 0.377 e.